The van der Waals surface area contributed by atoms with Gasteiger partial charge in [-0.3, -0.25) is 9.69 Å². The number of H-pyrrole nitrogens is 1. The van der Waals surface area contributed by atoms with E-state index in [1.807, 2.05) is 29.8 Å². The van der Waals surface area contributed by atoms with Gasteiger partial charge in [-0.05, 0) is 74.0 Å². The Labute approximate surface area is 189 Å². The van der Waals surface area contributed by atoms with E-state index in [1.54, 1.807) is 0 Å². The highest BCUT2D eigenvalue weighted by atomic mass is 16.3. The lowest BCUT2D eigenvalue weighted by Crippen LogP contribution is -2.37. The van der Waals surface area contributed by atoms with E-state index in [2.05, 4.69) is 59.2 Å². The molecule has 0 radical (unpaired) electrons. The van der Waals surface area contributed by atoms with Crippen LogP contribution in [-0.2, 0) is 12.1 Å². The minimum Gasteiger partial charge on any atom is -0.396 e. The number of aliphatic hydroxyl groups is 1. The average molecular weight is 441 g/mol. The first-order valence-electron chi connectivity index (χ1n) is 11.6. The Morgan fingerprint density at radius 3 is 2.72 bits per heavy atom. The number of rotatable bonds is 11. The van der Waals surface area contributed by atoms with Crippen LogP contribution in [0.3, 0.4) is 0 Å². The summed E-state index contributed by atoms with van der Waals surface area (Å²) in [7, 11) is 0. The van der Waals surface area contributed by atoms with Crippen molar-refractivity contribution >= 4 is 10.9 Å². The van der Waals surface area contributed by atoms with Crippen LogP contribution in [0.2, 0.25) is 0 Å². The van der Waals surface area contributed by atoms with Gasteiger partial charge in [0.1, 0.15) is 0 Å². The van der Waals surface area contributed by atoms with Crippen molar-refractivity contribution in [3.8, 4) is 0 Å². The van der Waals surface area contributed by atoms with Gasteiger partial charge in [-0.2, -0.15) is 0 Å². The van der Waals surface area contributed by atoms with Gasteiger partial charge in [-0.1, -0.05) is 31.9 Å². The predicted octanol–water partition coefficient (Wildman–Crippen LogP) is 3.69. The molecule has 0 fully saturated rings. The highest BCUT2D eigenvalue weighted by molar-refractivity contribution is 5.79. The summed E-state index contributed by atoms with van der Waals surface area (Å²) in [5.41, 5.74) is 2.39. The molecule has 0 bridgehead atoms. The SMILES string of the molecule is CCC[C@H](c1nnnn1C(C)(C)CC)N(CCCO)Cc1cc2cc(C)ccc2[nH]c1=O. The molecule has 1 atom stereocenters. The van der Waals surface area contributed by atoms with Gasteiger partial charge in [0.2, 0.25) is 0 Å². The number of hydrogen-bond donors (Lipinski definition) is 2. The summed E-state index contributed by atoms with van der Waals surface area (Å²) in [4.78, 5) is 18.1. The fourth-order valence-corrected chi connectivity index (χ4v) is 4.06. The first-order valence-corrected chi connectivity index (χ1v) is 11.6. The molecule has 0 aliphatic heterocycles. The molecular weight excluding hydrogens is 404 g/mol. The molecule has 8 heteroatoms. The quantitative estimate of drug-likeness (QED) is 0.472. The van der Waals surface area contributed by atoms with Gasteiger partial charge in [-0.15, -0.1) is 5.10 Å². The van der Waals surface area contributed by atoms with Crippen LogP contribution in [0.25, 0.3) is 10.9 Å². The number of benzene rings is 1. The molecule has 8 nitrogen and oxygen atoms in total. The fraction of sp³-hybridized carbons (Fsp3) is 0.583. The molecule has 2 aromatic heterocycles. The number of fused-ring (bicyclic) bond motifs is 1. The van der Waals surface area contributed by atoms with E-state index in [-0.39, 0.29) is 23.7 Å². The number of nitrogens with zero attached hydrogens (tertiary/aromatic N) is 5. The van der Waals surface area contributed by atoms with Gasteiger partial charge in [0.15, 0.2) is 5.82 Å². The number of hydrogen-bond acceptors (Lipinski definition) is 6. The second kappa shape index (κ2) is 10.4. The van der Waals surface area contributed by atoms with E-state index in [0.29, 0.717) is 25.1 Å². The van der Waals surface area contributed by atoms with Crippen LogP contribution in [-0.4, -0.2) is 48.3 Å². The van der Waals surface area contributed by atoms with Crippen molar-refractivity contribution in [3.05, 3.63) is 51.6 Å². The smallest absolute Gasteiger partial charge is 0.252 e. The molecule has 1 aromatic carbocycles. The lowest BCUT2D eigenvalue weighted by molar-refractivity contribution is 0.139. The first-order chi connectivity index (χ1) is 15.3. The Morgan fingerprint density at radius 2 is 2.03 bits per heavy atom. The van der Waals surface area contributed by atoms with Crippen LogP contribution >= 0.6 is 0 Å². The summed E-state index contributed by atoms with van der Waals surface area (Å²) in [6, 6.07) is 7.95. The van der Waals surface area contributed by atoms with Crippen LogP contribution in [0.4, 0.5) is 0 Å². The normalized spacial score (nSPS) is 13.2. The second-order valence-electron chi connectivity index (χ2n) is 9.18. The number of nitrogens with one attached hydrogen (secondary N) is 1. The number of aromatic nitrogens is 5. The molecule has 0 amide bonds. The maximum Gasteiger partial charge on any atom is 0.252 e. The molecule has 2 heterocycles. The van der Waals surface area contributed by atoms with Gasteiger partial charge >= 0.3 is 0 Å². The monoisotopic (exact) mass is 440 g/mol. The maximum atomic E-state index is 12.9. The van der Waals surface area contributed by atoms with E-state index < -0.39 is 0 Å². The molecule has 0 aliphatic rings. The molecular formula is C24H36N6O2. The van der Waals surface area contributed by atoms with Crippen LogP contribution in [0.15, 0.2) is 29.1 Å². The topological polar surface area (TPSA) is 99.9 Å². The van der Waals surface area contributed by atoms with Crippen LogP contribution in [0, 0.1) is 6.92 Å². The lowest BCUT2D eigenvalue weighted by atomic mass is 10.0. The Bertz CT molecular complexity index is 1090. The van der Waals surface area contributed by atoms with Crippen molar-refractivity contribution in [2.24, 2.45) is 0 Å². The highest BCUT2D eigenvalue weighted by Crippen LogP contribution is 2.30. The highest BCUT2D eigenvalue weighted by Gasteiger charge is 2.31. The third-order valence-electron chi connectivity index (χ3n) is 6.29. The van der Waals surface area contributed by atoms with Gasteiger partial charge in [-0.25, -0.2) is 4.68 Å². The summed E-state index contributed by atoms with van der Waals surface area (Å²) >= 11 is 0. The Kier molecular flexibility index (Phi) is 7.79. The third-order valence-corrected chi connectivity index (χ3v) is 6.29. The van der Waals surface area contributed by atoms with Gasteiger partial charge in [0, 0.05) is 30.8 Å². The van der Waals surface area contributed by atoms with E-state index in [4.69, 9.17) is 0 Å². The van der Waals surface area contributed by atoms with Crippen LogP contribution in [0.1, 0.15) is 76.4 Å². The van der Waals surface area contributed by atoms with Crippen molar-refractivity contribution in [2.75, 3.05) is 13.2 Å². The van der Waals surface area contributed by atoms with Gasteiger partial charge in [0.25, 0.3) is 5.56 Å². The Balaban J connectivity index is 2.03. The third kappa shape index (κ3) is 5.24. The summed E-state index contributed by atoms with van der Waals surface area (Å²) in [5, 5.41) is 23.3. The summed E-state index contributed by atoms with van der Waals surface area (Å²) in [5.74, 6) is 0.810. The molecule has 174 valence electrons. The van der Waals surface area contributed by atoms with Gasteiger partial charge < -0.3 is 10.1 Å². The number of tetrazole rings is 1. The lowest BCUT2D eigenvalue weighted by Gasteiger charge is -2.33. The van der Waals surface area contributed by atoms with E-state index in [0.717, 1.165) is 41.6 Å². The predicted molar refractivity (Wildman–Crippen MR) is 126 cm³/mol. The van der Waals surface area contributed by atoms with E-state index in [9.17, 15) is 9.90 Å². The van der Waals surface area contributed by atoms with E-state index >= 15 is 0 Å². The zero-order valence-electron chi connectivity index (χ0n) is 19.9. The largest absolute Gasteiger partial charge is 0.396 e. The summed E-state index contributed by atoms with van der Waals surface area (Å²) in [6.07, 6.45) is 3.32. The van der Waals surface area contributed by atoms with Crippen LogP contribution < -0.4 is 5.56 Å². The molecule has 32 heavy (non-hydrogen) atoms. The molecule has 3 aromatic rings. The van der Waals surface area contributed by atoms with Gasteiger partial charge in [0.05, 0.1) is 11.6 Å². The van der Waals surface area contributed by atoms with Crippen LogP contribution in [0.5, 0.6) is 0 Å². The summed E-state index contributed by atoms with van der Waals surface area (Å²) < 4.78 is 1.92. The molecule has 2 N–H and O–H groups in total. The molecule has 0 unspecified atom stereocenters. The molecule has 0 saturated heterocycles. The molecule has 0 saturated carbocycles. The fourth-order valence-electron chi connectivity index (χ4n) is 4.06. The molecule has 3 rings (SSSR count). The minimum atomic E-state index is -0.217. The second-order valence-corrected chi connectivity index (χ2v) is 9.18. The molecule has 0 spiro atoms. The average Bonchev–Trinajstić information content (AvgIpc) is 3.26. The molecule has 0 aliphatic carbocycles. The number of aryl methyl sites for hydroxylation is 1. The standard InChI is InChI=1S/C24H36N6O2/c1-6-9-21(22-26-27-28-30(22)24(4,5)7-2)29(12-8-13-31)16-19-15-18-14-17(3)10-11-20(18)25-23(19)32/h10-11,14-15,21,31H,6-9,12-13,16H2,1-5H3,(H,25,32)/t21-/m1/s1. The van der Waals surface area contributed by atoms with Crippen molar-refractivity contribution in [1.82, 2.24) is 30.1 Å². The van der Waals surface area contributed by atoms with Crippen molar-refractivity contribution < 1.29 is 5.11 Å². The number of pyridine rings is 1. The zero-order chi connectivity index (χ0) is 23.3. The Hall–Kier alpha value is -2.58. The Morgan fingerprint density at radius 1 is 1.25 bits per heavy atom. The van der Waals surface area contributed by atoms with Crippen molar-refractivity contribution in [2.45, 2.75) is 78.4 Å². The first kappa shape index (κ1) is 24.1. The zero-order valence-corrected chi connectivity index (χ0v) is 19.9. The van der Waals surface area contributed by atoms with Crippen molar-refractivity contribution in [3.63, 3.8) is 0 Å². The van der Waals surface area contributed by atoms with E-state index in [1.165, 1.54) is 0 Å². The number of aromatic amines is 1. The number of aliphatic hydroxyl groups excluding tert-OH is 1. The maximum absolute atomic E-state index is 12.9. The minimum absolute atomic E-state index is 0.0556. The van der Waals surface area contributed by atoms with Crippen molar-refractivity contribution in [1.29, 1.82) is 0 Å². The summed E-state index contributed by atoms with van der Waals surface area (Å²) in [6.45, 7) is 11.8.